The first-order chi connectivity index (χ1) is 6.27. The van der Waals surface area contributed by atoms with Crippen molar-refractivity contribution in [2.24, 2.45) is 11.5 Å². The SMILES string of the molecule is NCCc1cc(F)cnc1CCN. The van der Waals surface area contributed by atoms with E-state index in [-0.39, 0.29) is 5.82 Å². The number of halogens is 1. The molecule has 3 nitrogen and oxygen atoms in total. The standard InChI is InChI=1S/C9H14FN3/c10-8-5-7(1-3-11)9(2-4-12)13-6-8/h5-6H,1-4,11-12H2. The van der Waals surface area contributed by atoms with Gasteiger partial charge in [-0.15, -0.1) is 0 Å². The first kappa shape index (κ1) is 10.1. The van der Waals surface area contributed by atoms with Gasteiger partial charge in [0.2, 0.25) is 0 Å². The van der Waals surface area contributed by atoms with Gasteiger partial charge >= 0.3 is 0 Å². The van der Waals surface area contributed by atoms with Crippen molar-refractivity contribution in [1.29, 1.82) is 0 Å². The third kappa shape index (κ3) is 2.75. The van der Waals surface area contributed by atoms with Gasteiger partial charge in [-0.3, -0.25) is 4.98 Å². The second kappa shape index (κ2) is 4.89. The molecule has 0 fully saturated rings. The lowest BCUT2D eigenvalue weighted by Crippen LogP contribution is -2.11. The lowest BCUT2D eigenvalue weighted by atomic mass is 10.1. The van der Waals surface area contributed by atoms with Crippen LogP contribution in [0.3, 0.4) is 0 Å². The van der Waals surface area contributed by atoms with Crippen molar-refractivity contribution < 1.29 is 4.39 Å². The van der Waals surface area contributed by atoms with Gasteiger partial charge in [0.25, 0.3) is 0 Å². The van der Waals surface area contributed by atoms with Crippen LogP contribution in [0.5, 0.6) is 0 Å². The molecule has 0 unspecified atom stereocenters. The van der Waals surface area contributed by atoms with Crippen molar-refractivity contribution in [3.63, 3.8) is 0 Å². The molecule has 0 aliphatic carbocycles. The van der Waals surface area contributed by atoms with Gasteiger partial charge in [0, 0.05) is 12.1 Å². The second-order valence-electron chi connectivity index (χ2n) is 2.84. The van der Waals surface area contributed by atoms with Crippen molar-refractivity contribution in [2.45, 2.75) is 12.8 Å². The molecule has 72 valence electrons. The van der Waals surface area contributed by atoms with Gasteiger partial charge in [-0.2, -0.15) is 0 Å². The molecule has 0 saturated carbocycles. The lowest BCUT2D eigenvalue weighted by Gasteiger charge is -2.05. The van der Waals surface area contributed by atoms with E-state index in [9.17, 15) is 4.39 Å². The molecule has 0 aromatic carbocycles. The van der Waals surface area contributed by atoms with E-state index in [4.69, 9.17) is 11.5 Å². The Morgan fingerprint density at radius 1 is 1.23 bits per heavy atom. The minimum atomic E-state index is -0.316. The topological polar surface area (TPSA) is 64.9 Å². The Hall–Kier alpha value is -1.00. The van der Waals surface area contributed by atoms with Crippen LogP contribution < -0.4 is 11.5 Å². The second-order valence-corrected chi connectivity index (χ2v) is 2.84. The highest BCUT2D eigenvalue weighted by molar-refractivity contribution is 5.21. The number of hydrogen-bond donors (Lipinski definition) is 2. The first-order valence-corrected chi connectivity index (χ1v) is 4.31. The molecule has 4 N–H and O–H groups in total. The molecular formula is C9H14FN3. The van der Waals surface area contributed by atoms with Gasteiger partial charge in [0.15, 0.2) is 0 Å². The Morgan fingerprint density at radius 2 is 1.92 bits per heavy atom. The summed E-state index contributed by atoms with van der Waals surface area (Å²) in [4.78, 5) is 3.98. The van der Waals surface area contributed by atoms with Gasteiger partial charge in [-0.05, 0) is 31.1 Å². The molecule has 0 saturated heterocycles. The average molecular weight is 183 g/mol. The average Bonchev–Trinajstić information content (AvgIpc) is 2.10. The summed E-state index contributed by atoms with van der Waals surface area (Å²) in [5.74, 6) is -0.316. The summed E-state index contributed by atoms with van der Waals surface area (Å²) in [6, 6.07) is 1.48. The Labute approximate surface area is 77.0 Å². The minimum Gasteiger partial charge on any atom is -0.330 e. The van der Waals surface area contributed by atoms with Crippen molar-refractivity contribution in [3.8, 4) is 0 Å². The number of hydrogen-bond acceptors (Lipinski definition) is 3. The number of nitrogens with two attached hydrogens (primary N) is 2. The Balaban J connectivity index is 2.89. The van der Waals surface area contributed by atoms with Crippen LogP contribution in [0.4, 0.5) is 4.39 Å². The fourth-order valence-electron chi connectivity index (χ4n) is 1.24. The Bertz CT molecular complexity index is 276. The Kier molecular flexibility index (Phi) is 3.79. The molecule has 0 bridgehead atoms. The first-order valence-electron chi connectivity index (χ1n) is 4.31. The van der Waals surface area contributed by atoms with Crippen molar-refractivity contribution in [2.75, 3.05) is 13.1 Å². The van der Waals surface area contributed by atoms with E-state index >= 15 is 0 Å². The van der Waals surface area contributed by atoms with Gasteiger partial charge in [0.1, 0.15) is 5.82 Å². The van der Waals surface area contributed by atoms with Gasteiger partial charge in [-0.1, -0.05) is 0 Å². The van der Waals surface area contributed by atoms with Crippen molar-refractivity contribution >= 4 is 0 Å². The molecule has 0 aliphatic rings. The number of nitrogens with zero attached hydrogens (tertiary/aromatic N) is 1. The predicted molar refractivity (Wildman–Crippen MR) is 49.7 cm³/mol. The molecule has 0 radical (unpaired) electrons. The fraction of sp³-hybridized carbons (Fsp3) is 0.444. The maximum Gasteiger partial charge on any atom is 0.141 e. The van der Waals surface area contributed by atoms with E-state index < -0.39 is 0 Å². The predicted octanol–water partition coefficient (Wildman–Crippen LogP) is 0.223. The zero-order chi connectivity index (χ0) is 9.68. The molecule has 1 rings (SSSR count). The summed E-state index contributed by atoms with van der Waals surface area (Å²) in [7, 11) is 0. The molecule has 1 aromatic rings. The largest absolute Gasteiger partial charge is 0.330 e. The molecule has 4 heteroatoms. The normalized spacial score (nSPS) is 10.4. The highest BCUT2D eigenvalue weighted by atomic mass is 19.1. The van der Waals surface area contributed by atoms with Gasteiger partial charge < -0.3 is 11.5 Å². The van der Waals surface area contributed by atoms with Crippen LogP contribution in [0.25, 0.3) is 0 Å². The number of pyridine rings is 1. The van der Waals surface area contributed by atoms with Gasteiger partial charge in [-0.25, -0.2) is 4.39 Å². The van der Waals surface area contributed by atoms with Crippen molar-refractivity contribution in [3.05, 3.63) is 29.3 Å². The highest BCUT2D eigenvalue weighted by Gasteiger charge is 2.03. The summed E-state index contributed by atoms with van der Waals surface area (Å²) >= 11 is 0. The number of rotatable bonds is 4. The zero-order valence-corrected chi connectivity index (χ0v) is 7.46. The van der Waals surface area contributed by atoms with Crippen LogP contribution in [0.15, 0.2) is 12.3 Å². The summed E-state index contributed by atoms with van der Waals surface area (Å²) in [6.07, 6.45) is 2.54. The maximum absolute atomic E-state index is 12.8. The minimum absolute atomic E-state index is 0.316. The Morgan fingerprint density at radius 3 is 2.54 bits per heavy atom. The summed E-state index contributed by atoms with van der Waals surface area (Å²) in [5.41, 5.74) is 12.5. The monoisotopic (exact) mass is 183 g/mol. The van der Waals surface area contributed by atoms with Crippen LogP contribution >= 0.6 is 0 Å². The van der Waals surface area contributed by atoms with E-state index in [0.717, 1.165) is 11.3 Å². The summed E-state index contributed by atoms with van der Waals surface area (Å²) in [5, 5.41) is 0. The molecule has 1 heterocycles. The molecule has 1 aromatic heterocycles. The highest BCUT2D eigenvalue weighted by Crippen LogP contribution is 2.08. The molecule has 0 atom stereocenters. The molecular weight excluding hydrogens is 169 g/mol. The quantitative estimate of drug-likeness (QED) is 0.702. The summed E-state index contributed by atoms with van der Waals surface area (Å²) in [6.45, 7) is 1.03. The van der Waals surface area contributed by atoms with Crippen molar-refractivity contribution in [1.82, 2.24) is 4.98 Å². The van der Waals surface area contributed by atoms with E-state index in [1.807, 2.05) is 0 Å². The molecule has 13 heavy (non-hydrogen) atoms. The van der Waals surface area contributed by atoms with E-state index in [1.165, 1.54) is 12.3 Å². The maximum atomic E-state index is 12.8. The van der Waals surface area contributed by atoms with E-state index in [1.54, 1.807) is 0 Å². The number of aromatic nitrogens is 1. The smallest absolute Gasteiger partial charge is 0.141 e. The molecule has 0 spiro atoms. The van der Waals surface area contributed by atoms with Crippen LogP contribution in [0.1, 0.15) is 11.3 Å². The van der Waals surface area contributed by atoms with E-state index in [2.05, 4.69) is 4.98 Å². The van der Waals surface area contributed by atoms with Crippen LogP contribution in [0, 0.1) is 5.82 Å². The van der Waals surface area contributed by atoms with Gasteiger partial charge in [0.05, 0.1) is 6.20 Å². The fourth-order valence-corrected chi connectivity index (χ4v) is 1.24. The molecule has 0 aliphatic heterocycles. The summed E-state index contributed by atoms with van der Waals surface area (Å²) < 4.78 is 12.8. The third-order valence-corrected chi connectivity index (χ3v) is 1.82. The van der Waals surface area contributed by atoms with Crippen LogP contribution in [0.2, 0.25) is 0 Å². The van der Waals surface area contributed by atoms with Crippen LogP contribution in [-0.4, -0.2) is 18.1 Å². The van der Waals surface area contributed by atoms with E-state index in [0.29, 0.717) is 25.9 Å². The molecule has 0 amide bonds. The lowest BCUT2D eigenvalue weighted by molar-refractivity contribution is 0.615. The zero-order valence-electron chi connectivity index (χ0n) is 7.46. The van der Waals surface area contributed by atoms with Crippen LogP contribution in [-0.2, 0) is 12.8 Å². The third-order valence-electron chi connectivity index (χ3n) is 1.82.